The van der Waals surface area contributed by atoms with E-state index in [0.717, 1.165) is 17.2 Å². The number of imidazole rings is 1. The number of rotatable bonds is 6. The maximum Gasteiger partial charge on any atom is 0.481 e. The number of aromatic nitrogens is 4. The number of nitrogens with zero attached hydrogens (tertiary/aromatic N) is 4. The Labute approximate surface area is 155 Å². The van der Waals surface area contributed by atoms with Crippen LogP contribution in [0.25, 0.3) is 11.2 Å². The SMILES string of the molecule is Nc1ncnc2c1ncn2[C@]1(N)O[C@H](COP(=O)(O)OP(=O)(O)O)[C@@H](O)[C@H]1O. The molecule has 9 N–H and O–H groups in total. The summed E-state index contributed by atoms with van der Waals surface area (Å²) in [7, 11) is -10.5. The van der Waals surface area contributed by atoms with E-state index in [1.165, 1.54) is 0 Å². The van der Waals surface area contributed by atoms with E-state index in [4.69, 9.17) is 26.0 Å². The largest absolute Gasteiger partial charge is 0.481 e. The van der Waals surface area contributed by atoms with Gasteiger partial charge in [0.25, 0.3) is 0 Å². The molecular weight excluding hydrogens is 426 g/mol. The van der Waals surface area contributed by atoms with Crippen molar-refractivity contribution in [1.82, 2.24) is 19.5 Å². The lowest BCUT2D eigenvalue weighted by Gasteiger charge is -2.28. The third-order valence-corrected chi connectivity index (χ3v) is 5.97. The van der Waals surface area contributed by atoms with Gasteiger partial charge in [-0.15, -0.1) is 0 Å². The molecule has 0 saturated carbocycles. The summed E-state index contributed by atoms with van der Waals surface area (Å²) in [5, 5.41) is 20.5. The molecule has 2 aromatic rings. The molecule has 5 atom stereocenters. The van der Waals surface area contributed by atoms with Crippen LogP contribution in [-0.4, -0.2) is 69.3 Å². The average Bonchev–Trinajstić information content (AvgIpc) is 3.09. The van der Waals surface area contributed by atoms with E-state index in [0.29, 0.717) is 0 Å². The van der Waals surface area contributed by atoms with Gasteiger partial charge in [0.1, 0.15) is 36.5 Å². The highest BCUT2D eigenvalue weighted by atomic mass is 31.3. The van der Waals surface area contributed by atoms with Crippen LogP contribution in [-0.2, 0) is 28.6 Å². The van der Waals surface area contributed by atoms with Crippen LogP contribution in [0.3, 0.4) is 0 Å². The number of nitrogens with two attached hydrogens (primary N) is 2. The number of phosphoric ester groups is 1. The molecule has 0 radical (unpaired) electrons. The smallest absolute Gasteiger partial charge is 0.387 e. The summed E-state index contributed by atoms with van der Waals surface area (Å²) in [5.74, 6) is -2.11. The third kappa shape index (κ3) is 3.94. The first-order valence-electron chi connectivity index (χ1n) is 7.35. The Bertz CT molecular complexity index is 981. The van der Waals surface area contributed by atoms with Crippen LogP contribution in [0.1, 0.15) is 0 Å². The second kappa shape index (κ2) is 7.05. The normalized spacial score (nSPS) is 30.6. The minimum Gasteiger partial charge on any atom is -0.387 e. The predicted octanol–water partition coefficient (Wildman–Crippen LogP) is -2.68. The topological polar surface area (TPSA) is 259 Å². The Morgan fingerprint density at radius 1 is 1.25 bits per heavy atom. The van der Waals surface area contributed by atoms with Crippen molar-refractivity contribution >= 4 is 32.6 Å². The number of fused-ring (bicyclic) bond motifs is 1. The zero-order chi connectivity index (χ0) is 20.9. The van der Waals surface area contributed by atoms with Gasteiger partial charge in [0.2, 0.25) is 5.85 Å². The van der Waals surface area contributed by atoms with Crippen LogP contribution in [0.15, 0.2) is 12.7 Å². The van der Waals surface area contributed by atoms with Gasteiger partial charge in [-0.25, -0.2) is 24.1 Å². The number of anilines is 1. The number of phosphoric acid groups is 2. The van der Waals surface area contributed by atoms with Gasteiger partial charge in [0.15, 0.2) is 11.5 Å². The van der Waals surface area contributed by atoms with Crippen molar-refractivity contribution < 1.29 is 47.6 Å². The minimum atomic E-state index is -5.33. The molecule has 156 valence electrons. The summed E-state index contributed by atoms with van der Waals surface area (Å²) in [4.78, 5) is 38.1. The van der Waals surface area contributed by atoms with E-state index >= 15 is 0 Å². The fraction of sp³-hybridized carbons (Fsp3) is 0.500. The van der Waals surface area contributed by atoms with Gasteiger partial charge < -0.3 is 35.4 Å². The third-order valence-electron chi connectivity index (χ3n) is 3.82. The molecule has 1 aliphatic rings. The zero-order valence-corrected chi connectivity index (χ0v) is 15.5. The predicted molar refractivity (Wildman–Crippen MR) is 87.7 cm³/mol. The summed E-state index contributed by atoms with van der Waals surface area (Å²) in [6.07, 6.45) is -2.76. The van der Waals surface area contributed by atoms with E-state index in [1.807, 2.05) is 0 Å². The highest BCUT2D eigenvalue weighted by Crippen LogP contribution is 2.57. The summed E-state index contributed by atoms with van der Waals surface area (Å²) >= 11 is 0. The van der Waals surface area contributed by atoms with E-state index in [9.17, 15) is 24.2 Å². The Hall–Kier alpha value is -1.55. The number of aliphatic hydroxyl groups is 2. The van der Waals surface area contributed by atoms with Crippen LogP contribution in [0.2, 0.25) is 0 Å². The summed E-state index contributed by atoms with van der Waals surface area (Å²) in [6.45, 7) is -0.908. The molecule has 1 aliphatic heterocycles. The fourth-order valence-electron chi connectivity index (χ4n) is 2.60. The molecule has 0 bridgehead atoms. The molecule has 3 rings (SSSR count). The quantitative estimate of drug-likeness (QED) is 0.225. The molecule has 1 fully saturated rings. The van der Waals surface area contributed by atoms with Crippen molar-refractivity contribution in [2.24, 2.45) is 5.73 Å². The maximum atomic E-state index is 11.5. The van der Waals surface area contributed by atoms with Gasteiger partial charge in [-0.05, 0) is 0 Å². The number of ether oxygens (including phenoxy) is 1. The van der Waals surface area contributed by atoms with Crippen LogP contribution >= 0.6 is 15.6 Å². The first-order chi connectivity index (χ1) is 12.8. The van der Waals surface area contributed by atoms with Crippen LogP contribution in [0.5, 0.6) is 0 Å². The van der Waals surface area contributed by atoms with Crippen LogP contribution in [0.4, 0.5) is 5.82 Å². The van der Waals surface area contributed by atoms with E-state index < -0.39 is 46.4 Å². The molecule has 3 heterocycles. The Kier molecular flexibility index (Phi) is 5.33. The molecule has 0 amide bonds. The molecule has 0 spiro atoms. The van der Waals surface area contributed by atoms with E-state index in [1.54, 1.807) is 0 Å². The summed E-state index contributed by atoms with van der Waals surface area (Å²) in [6, 6.07) is 0. The first kappa shape index (κ1) is 21.2. The van der Waals surface area contributed by atoms with Crippen molar-refractivity contribution in [3.05, 3.63) is 12.7 Å². The second-order valence-corrected chi connectivity index (χ2v) is 8.56. The van der Waals surface area contributed by atoms with Gasteiger partial charge >= 0.3 is 15.6 Å². The summed E-state index contributed by atoms with van der Waals surface area (Å²) < 4.78 is 36.6. The number of hydrogen-bond acceptors (Lipinski definition) is 12. The zero-order valence-electron chi connectivity index (χ0n) is 13.7. The lowest BCUT2D eigenvalue weighted by atomic mass is 10.1. The van der Waals surface area contributed by atoms with Gasteiger partial charge in [-0.3, -0.25) is 14.8 Å². The number of hydrogen-bond donors (Lipinski definition) is 7. The highest BCUT2D eigenvalue weighted by Gasteiger charge is 2.54. The Balaban J connectivity index is 1.82. The van der Waals surface area contributed by atoms with Crippen LogP contribution < -0.4 is 11.5 Å². The van der Waals surface area contributed by atoms with Crippen molar-refractivity contribution in [2.45, 2.75) is 24.2 Å². The first-order valence-corrected chi connectivity index (χ1v) is 10.4. The van der Waals surface area contributed by atoms with Gasteiger partial charge in [0.05, 0.1) is 6.61 Å². The van der Waals surface area contributed by atoms with Crippen molar-refractivity contribution in [1.29, 1.82) is 0 Å². The van der Waals surface area contributed by atoms with Crippen LogP contribution in [0, 0.1) is 0 Å². The molecule has 16 nitrogen and oxygen atoms in total. The number of nitrogen functional groups attached to an aromatic ring is 1. The van der Waals surface area contributed by atoms with E-state index in [2.05, 4.69) is 23.8 Å². The van der Waals surface area contributed by atoms with Gasteiger partial charge in [-0.1, -0.05) is 0 Å². The van der Waals surface area contributed by atoms with Crippen molar-refractivity contribution in [2.75, 3.05) is 12.3 Å². The number of aliphatic hydroxyl groups excluding tert-OH is 2. The molecule has 18 heteroatoms. The molecule has 0 aliphatic carbocycles. The maximum absolute atomic E-state index is 11.5. The monoisotopic (exact) mass is 442 g/mol. The fourth-order valence-corrected chi connectivity index (χ4v) is 4.20. The molecule has 1 saturated heterocycles. The van der Waals surface area contributed by atoms with Gasteiger partial charge in [-0.2, -0.15) is 4.31 Å². The molecular formula is C10H16N6O10P2. The molecule has 0 aromatic carbocycles. The average molecular weight is 442 g/mol. The lowest BCUT2D eigenvalue weighted by molar-refractivity contribution is -0.140. The van der Waals surface area contributed by atoms with Crippen molar-refractivity contribution in [3.63, 3.8) is 0 Å². The van der Waals surface area contributed by atoms with Gasteiger partial charge in [0, 0.05) is 0 Å². The van der Waals surface area contributed by atoms with Crippen molar-refractivity contribution in [3.8, 4) is 0 Å². The van der Waals surface area contributed by atoms with E-state index in [-0.39, 0.29) is 17.0 Å². The minimum absolute atomic E-state index is 0.0241. The standard InChI is InChI=1S/C10H16N6O10P2/c11-8-5-9(14-2-13-8)16(3-15-5)10(12)7(18)6(17)4(25-10)1-24-28(22,23)26-27(19,20)21/h2-4,6-7,17-18H,1,12H2,(H,22,23)(H2,11,13,14)(H2,19,20,21)/t4-,6-,7-,10+/m1/s1. The Morgan fingerprint density at radius 3 is 2.57 bits per heavy atom. The molecule has 1 unspecified atom stereocenters. The Morgan fingerprint density at radius 2 is 1.93 bits per heavy atom. The molecule has 2 aromatic heterocycles. The second-order valence-electron chi connectivity index (χ2n) is 5.73. The summed E-state index contributed by atoms with van der Waals surface area (Å²) in [5.41, 5.74) is 11.9. The highest BCUT2D eigenvalue weighted by molar-refractivity contribution is 7.60. The molecule has 28 heavy (non-hydrogen) atoms. The lowest BCUT2D eigenvalue weighted by Crippen LogP contribution is -2.52.